The molecule has 1 saturated heterocycles. The van der Waals surface area contributed by atoms with Crippen molar-refractivity contribution in [3.05, 3.63) is 45.1 Å². The van der Waals surface area contributed by atoms with E-state index in [1.807, 2.05) is 4.90 Å². The zero-order chi connectivity index (χ0) is 24.2. The fourth-order valence-corrected chi connectivity index (χ4v) is 4.08. The molecule has 0 amide bonds. The number of rotatable bonds is 9. The number of H-pyrrole nitrogens is 1. The number of β-amino-alcohol motifs (C(OH)–C–C–N with tert-alkyl or cyclic N) is 1. The Bertz CT molecular complexity index is 1230. The number of anilines is 1. The van der Waals surface area contributed by atoms with Crippen molar-refractivity contribution in [2.45, 2.75) is 12.6 Å². The topological polar surface area (TPSA) is 138 Å². The Hall–Kier alpha value is -3.35. The van der Waals surface area contributed by atoms with Crippen LogP contribution in [0.4, 0.5) is 5.95 Å². The maximum Gasteiger partial charge on any atom is 0.329 e. The summed E-state index contributed by atoms with van der Waals surface area (Å²) in [5, 5.41) is 20.0. The van der Waals surface area contributed by atoms with Crippen LogP contribution in [0.5, 0.6) is 11.5 Å². The molecule has 4 rings (SSSR count). The first-order chi connectivity index (χ1) is 16.4. The molecule has 1 fully saturated rings. The van der Waals surface area contributed by atoms with Gasteiger partial charge in [0, 0.05) is 39.8 Å². The van der Waals surface area contributed by atoms with Crippen LogP contribution >= 0.6 is 0 Å². The second-order valence-electron chi connectivity index (χ2n) is 8.21. The number of aromatic amines is 1. The van der Waals surface area contributed by atoms with Gasteiger partial charge in [-0.05, 0) is 24.3 Å². The van der Waals surface area contributed by atoms with Gasteiger partial charge in [-0.15, -0.1) is 0 Å². The Labute approximate surface area is 195 Å². The van der Waals surface area contributed by atoms with Crippen LogP contribution in [0.15, 0.2) is 33.9 Å². The molecule has 0 radical (unpaired) electrons. The van der Waals surface area contributed by atoms with Crippen molar-refractivity contribution in [3.8, 4) is 11.5 Å². The number of fused-ring (bicyclic) bond motifs is 1. The number of aliphatic hydroxyl groups excluding tert-OH is 2. The van der Waals surface area contributed by atoms with Crippen molar-refractivity contribution in [1.29, 1.82) is 0 Å². The highest BCUT2D eigenvalue weighted by atomic mass is 16.5. The molecule has 12 nitrogen and oxygen atoms in total. The molecule has 184 valence electrons. The van der Waals surface area contributed by atoms with Crippen molar-refractivity contribution < 1.29 is 19.7 Å². The number of hydrogen-bond donors (Lipinski definition) is 3. The van der Waals surface area contributed by atoms with Crippen LogP contribution in [0.2, 0.25) is 0 Å². The van der Waals surface area contributed by atoms with Gasteiger partial charge in [-0.25, -0.2) is 4.79 Å². The number of piperazine rings is 1. The molecule has 1 aliphatic heterocycles. The molecule has 12 heteroatoms. The number of nitrogens with zero attached hydrogens (tertiary/aromatic N) is 5. The molecule has 0 unspecified atom stereocenters. The lowest BCUT2D eigenvalue weighted by molar-refractivity contribution is 0.0934. The fourth-order valence-electron chi connectivity index (χ4n) is 4.08. The van der Waals surface area contributed by atoms with Gasteiger partial charge in [0.25, 0.3) is 5.56 Å². The minimum Gasteiger partial charge on any atom is -0.497 e. The van der Waals surface area contributed by atoms with Gasteiger partial charge in [0.05, 0.1) is 20.3 Å². The van der Waals surface area contributed by atoms with Crippen LogP contribution in [0, 0.1) is 0 Å². The quantitative estimate of drug-likeness (QED) is 0.356. The van der Waals surface area contributed by atoms with E-state index in [-0.39, 0.29) is 30.9 Å². The Morgan fingerprint density at radius 2 is 1.79 bits per heavy atom. The lowest BCUT2D eigenvalue weighted by Crippen LogP contribution is -2.48. The lowest BCUT2D eigenvalue weighted by atomic mass is 10.3. The maximum atomic E-state index is 12.7. The van der Waals surface area contributed by atoms with Crippen molar-refractivity contribution >= 4 is 17.1 Å². The molecule has 0 aliphatic carbocycles. The van der Waals surface area contributed by atoms with E-state index in [0.29, 0.717) is 37.1 Å². The summed E-state index contributed by atoms with van der Waals surface area (Å²) in [5.41, 5.74) is -0.632. The van der Waals surface area contributed by atoms with Gasteiger partial charge >= 0.3 is 5.69 Å². The van der Waals surface area contributed by atoms with Crippen molar-refractivity contribution in [2.75, 3.05) is 57.9 Å². The first-order valence-electron chi connectivity index (χ1n) is 11.1. The number of aryl methyl sites for hydroxylation is 1. The minimum absolute atomic E-state index is 0.000606. The number of imidazole rings is 1. The van der Waals surface area contributed by atoms with Crippen LogP contribution in [0.3, 0.4) is 0 Å². The van der Waals surface area contributed by atoms with Crippen LogP contribution in [-0.4, -0.2) is 93.4 Å². The zero-order valence-corrected chi connectivity index (χ0v) is 19.3. The number of ether oxygens (including phenoxy) is 2. The predicted molar refractivity (Wildman–Crippen MR) is 126 cm³/mol. The summed E-state index contributed by atoms with van der Waals surface area (Å²) in [6.07, 6.45) is -0.939. The molecule has 34 heavy (non-hydrogen) atoms. The van der Waals surface area contributed by atoms with Crippen molar-refractivity contribution in [2.24, 2.45) is 7.05 Å². The van der Waals surface area contributed by atoms with Crippen LogP contribution in [0.25, 0.3) is 11.2 Å². The average molecular weight is 475 g/mol. The zero-order valence-electron chi connectivity index (χ0n) is 19.3. The van der Waals surface area contributed by atoms with E-state index < -0.39 is 17.4 Å². The molecular formula is C22H30N6O6. The Kier molecular flexibility index (Phi) is 7.20. The van der Waals surface area contributed by atoms with E-state index in [4.69, 9.17) is 9.47 Å². The number of benzene rings is 1. The van der Waals surface area contributed by atoms with E-state index >= 15 is 0 Å². The van der Waals surface area contributed by atoms with Crippen molar-refractivity contribution in [1.82, 2.24) is 24.0 Å². The number of nitrogens with one attached hydrogen (secondary N) is 1. The Morgan fingerprint density at radius 1 is 1.12 bits per heavy atom. The molecule has 1 aliphatic rings. The normalized spacial score (nSPS) is 15.6. The molecule has 1 atom stereocenters. The third-order valence-electron chi connectivity index (χ3n) is 5.95. The van der Waals surface area contributed by atoms with Crippen LogP contribution in [0.1, 0.15) is 0 Å². The molecule has 3 N–H and O–H groups in total. The van der Waals surface area contributed by atoms with E-state index in [2.05, 4.69) is 14.9 Å². The first kappa shape index (κ1) is 23.8. The standard InChI is InChI=1S/C22H30N6O6/c1-25-19-18(20(31)24-22(25)32)28(21(23-19)27-9-7-26(8-10-27)11-12-29)13-15(30)14-34-17-5-3-16(33-2)4-6-17/h3-6,15,29-30H,7-14H2,1-2H3,(H,24,31,32)/t15-/m0/s1. The van der Waals surface area contributed by atoms with Gasteiger partial charge in [-0.3, -0.25) is 19.2 Å². The molecule has 3 heterocycles. The molecular weight excluding hydrogens is 444 g/mol. The Morgan fingerprint density at radius 3 is 2.44 bits per heavy atom. The smallest absolute Gasteiger partial charge is 0.329 e. The monoisotopic (exact) mass is 474 g/mol. The number of aliphatic hydroxyl groups is 2. The predicted octanol–water partition coefficient (Wildman–Crippen LogP) is -1.01. The van der Waals surface area contributed by atoms with Gasteiger partial charge in [-0.1, -0.05) is 0 Å². The maximum absolute atomic E-state index is 12.7. The fraction of sp³-hybridized carbons (Fsp3) is 0.500. The van der Waals surface area contributed by atoms with E-state index in [0.717, 1.165) is 13.1 Å². The molecule has 1 aromatic carbocycles. The largest absolute Gasteiger partial charge is 0.497 e. The highest BCUT2D eigenvalue weighted by molar-refractivity contribution is 5.74. The first-order valence-corrected chi connectivity index (χ1v) is 11.1. The average Bonchev–Trinajstić information content (AvgIpc) is 3.22. The minimum atomic E-state index is -0.939. The highest BCUT2D eigenvalue weighted by Crippen LogP contribution is 2.22. The second kappa shape index (κ2) is 10.3. The molecule has 0 bridgehead atoms. The summed E-state index contributed by atoms with van der Waals surface area (Å²) in [5.74, 6) is 1.79. The second-order valence-corrected chi connectivity index (χ2v) is 8.21. The van der Waals surface area contributed by atoms with Gasteiger partial charge in [0.1, 0.15) is 24.2 Å². The molecule has 2 aromatic heterocycles. The summed E-state index contributed by atoms with van der Waals surface area (Å²) < 4.78 is 13.8. The third-order valence-corrected chi connectivity index (χ3v) is 5.95. The van der Waals surface area contributed by atoms with Gasteiger partial charge in [0.2, 0.25) is 5.95 Å². The number of methoxy groups -OCH3 is 1. The van der Waals surface area contributed by atoms with E-state index in [9.17, 15) is 19.8 Å². The van der Waals surface area contributed by atoms with E-state index in [1.165, 1.54) is 4.57 Å². The molecule has 0 saturated carbocycles. The highest BCUT2D eigenvalue weighted by Gasteiger charge is 2.26. The lowest BCUT2D eigenvalue weighted by Gasteiger charge is -2.35. The summed E-state index contributed by atoms with van der Waals surface area (Å²) in [4.78, 5) is 35.9. The van der Waals surface area contributed by atoms with Gasteiger partial charge in [0.15, 0.2) is 11.2 Å². The Balaban J connectivity index is 1.59. The summed E-state index contributed by atoms with van der Waals surface area (Å²) in [7, 11) is 3.13. The van der Waals surface area contributed by atoms with E-state index in [1.54, 1.807) is 43.0 Å². The van der Waals surface area contributed by atoms with Crippen LogP contribution < -0.4 is 25.6 Å². The van der Waals surface area contributed by atoms with Gasteiger partial charge < -0.3 is 29.2 Å². The summed E-state index contributed by atoms with van der Waals surface area (Å²) in [6.45, 7) is 3.46. The SMILES string of the molecule is COc1ccc(OC[C@@H](O)Cn2c(N3CCN(CCO)CC3)nc3c2c(=O)[nH]c(=O)n3C)cc1. The molecule has 3 aromatic rings. The third kappa shape index (κ3) is 4.93. The molecule has 0 spiro atoms. The summed E-state index contributed by atoms with van der Waals surface area (Å²) >= 11 is 0. The van der Waals surface area contributed by atoms with Gasteiger partial charge in [-0.2, -0.15) is 4.98 Å². The van der Waals surface area contributed by atoms with Crippen molar-refractivity contribution in [3.63, 3.8) is 0 Å². The number of aromatic nitrogens is 4. The van der Waals surface area contributed by atoms with Crippen LogP contribution in [-0.2, 0) is 13.6 Å². The number of hydrogen-bond acceptors (Lipinski definition) is 9. The summed E-state index contributed by atoms with van der Waals surface area (Å²) in [6, 6.07) is 7.02.